The molecule has 0 aliphatic heterocycles. The van der Waals surface area contributed by atoms with Gasteiger partial charge < -0.3 is 5.73 Å². The van der Waals surface area contributed by atoms with E-state index in [4.69, 9.17) is 5.73 Å². The molecule has 2 N–H and O–H groups in total. The summed E-state index contributed by atoms with van der Waals surface area (Å²) in [6.07, 6.45) is -9.78. The lowest BCUT2D eigenvalue weighted by atomic mass is 10.0. The molecule has 0 saturated heterocycles. The van der Waals surface area contributed by atoms with Gasteiger partial charge >= 0.3 is 12.4 Å². The second kappa shape index (κ2) is 4.17. The van der Waals surface area contributed by atoms with Crippen LogP contribution in [0.25, 0.3) is 0 Å². The summed E-state index contributed by atoms with van der Waals surface area (Å²) in [6.45, 7) is 0. The summed E-state index contributed by atoms with van der Waals surface area (Å²) < 4.78 is 74.1. The van der Waals surface area contributed by atoms with Crippen LogP contribution in [0.15, 0.2) is 18.2 Å². The molecule has 0 spiro atoms. The molecule has 1 nitrogen and oxygen atoms in total. The average molecular weight is 273 g/mol. The molecule has 0 atom stereocenters. The van der Waals surface area contributed by atoms with Crippen LogP contribution in [0.5, 0.6) is 0 Å². The monoisotopic (exact) mass is 273 g/mol. The summed E-state index contributed by atoms with van der Waals surface area (Å²) in [4.78, 5) is -0.526. The highest BCUT2D eigenvalue weighted by molar-refractivity contribution is 7.80. The quantitative estimate of drug-likeness (QED) is 0.627. The van der Waals surface area contributed by atoms with E-state index in [2.05, 4.69) is 12.2 Å². The molecule has 0 aliphatic carbocycles. The van der Waals surface area contributed by atoms with Gasteiger partial charge in [0.25, 0.3) is 0 Å². The highest BCUT2D eigenvalue weighted by Crippen LogP contribution is 2.36. The summed E-state index contributed by atoms with van der Waals surface area (Å²) in [7, 11) is 0. The molecule has 1 aromatic carbocycles. The lowest BCUT2D eigenvalue weighted by Gasteiger charge is -2.13. The van der Waals surface area contributed by atoms with Crippen molar-refractivity contribution in [3.63, 3.8) is 0 Å². The fourth-order valence-corrected chi connectivity index (χ4v) is 1.22. The zero-order chi connectivity index (χ0) is 13.4. The van der Waals surface area contributed by atoms with Crippen molar-refractivity contribution in [3.8, 4) is 0 Å². The molecular formula is C9H5F6NS. The number of alkyl halides is 6. The number of benzene rings is 1. The summed E-state index contributed by atoms with van der Waals surface area (Å²) in [5, 5.41) is 0. The molecule has 0 radical (unpaired) electrons. The lowest BCUT2D eigenvalue weighted by Crippen LogP contribution is -2.16. The van der Waals surface area contributed by atoms with E-state index in [-0.39, 0.29) is 6.07 Å². The SMILES string of the molecule is NC(=S)c1cc(C(F)(F)F)cc(C(F)(F)F)c1. The Bertz CT molecular complexity index is 416. The normalized spacial score (nSPS) is 12.6. The summed E-state index contributed by atoms with van der Waals surface area (Å²) in [5.74, 6) is 0. The Kier molecular flexibility index (Phi) is 3.37. The van der Waals surface area contributed by atoms with Gasteiger partial charge in [-0.25, -0.2) is 0 Å². The largest absolute Gasteiger partial charge is 0.416 e. The number of halogens is 6. The van der Waals surface area contributed by atoms with E-state index in [1.807, 2.05) is 0 Å². The van der Waals surface area contributed by atoms with Gasteiger partial charge in [-0.15, -0.1) is 0 Å². The van der Waals surface area contributed by atoms with Crippen molar-refractivity contribution in [3.05, 3.63) is 34.9 Å². The van der Waals surface area contributed by atoms with Crippen molar-refractivity contribution >= 4 is 17.2 Å². The molecule has 0 aromatic heterocycles. The zero-order valence-corrected chi connectivity index (χ0v) is 8.80. The van der Waals surface area contributed by atoms with Crippen molar-refractivity contribution in [2.45, 2.75) is 12.4 Å². The molecule has 1 rings (SSSR count). The molecule has 1 aromatic rings. The van der Waals surface area contributed by atoms with Gasteiger partial charge in [-0.05, 0) is 18.2 Å². The lowest BCUT2D eigenvalue weighted by molar-refractivity contribution is -0.143. The molecule has 0 fully saturated rings. The highest BCUT2D eigenvalue weighted by Gasteiger charge is 2.37. The molecular weight excluding hydrogens is 268 g/mol. The van der Waals surface area contributed by atoms with Crippen LogP contribution in [0.1, 0.15) is 16.7 Å². The van der Waals surface area contributed by atoms with Crippen molar-refractivity contribution in [1.29, 1.82) is 0 Å². The number of rotatable bonds is 1. The number of hydrogen-bond donors (Lipinski definition) is 1. The van der Waals surface area contributed by atoms with Gasteiger partial charge in [0.1, 0.15) is 4.99 Å². The molecule has 0 saturated carbocycles. The standard InChI is InChI=1S/C9H5F6NS/c10-8(11,12)5-1-4(7(16)17)2-6(3-5)9(13,14)15/h1-3H,(H2,16,17). The zero-order valence-electron chi connectivity index (χ0n) is 7.99. The van der Waals surface area contributed by atoms with Crippen LogP contribution in [0.3, 0.4) is 0 Å². The van der Waals surface area contributed by atoms with E-state index in [9.17, 15) is 26.3 Å². The minimum absolute atomic E-state index is 0.0156. The van der Waals surface area contributed by atoms with Crippen molar-refractivity contribution in [1.82, 2.24) is 0 Å². The second-order valence-electron chi connectivity index (χ2n) is 3.16. The Morgan fingerprint density at radius 2 is 1.24 bits per heavy atom. The maximum Gasteiger partial charge on any atom is 0.416 e. The molecule has 0 heterocycles. The van der Waals surface area contributed by atoms with Gasteiger partial charge in [0.05, 0.1) is 11.1 Å². The van der Waals surface area contributed by atoms with Crippen LogP contribution in [-0.4, -0.2) is 4.99 Å². The summed E-state index contributed by atoms with van der Waals surface area (Å²) in [5.41, 5.74) is 1.69. The smallest absolute Gasteiger partial charge is 0.389 e. The van der Waals surface area contributed by atoms with Gasteiger partial charge in [-0.3, -0.25) is 0 Å². The number of nitrogens with two attached hydrogens (primary N) is 1. The third-order valence-corrected chi connectivity index (χ3v) is 2.11. The highest BCUT2D eigenvalue weighted by atomic mass is 32.1. The van der Waals surface area contributed by atoms with Crippen LogP contribution in [0.4, 0.5) is 26.3 Å². The Hall–Kier alpha value is -1.31. The summed E-state index contributed by atoms with van der Waals surface area (Å²) >= 11 is 4.37. The maximum atomic E-state index is 12.3. The third-order valence-electron chi connectivity index (χ3n) is 1.87. The first kappa shape index (κ1) is 13.8. The van der Waals surface area contributed by atoms with Gasteiger partial charge in [0, 0.05) is 5.56 Å². The Balaban J connectivity index is 3.45. The van der Waals surface area contributed by atoms with Crippen molar-refractivity contribution < 1.29 is 26.3 Å². The minimum Gasteiger partial charge on any atom is -0.389 e. The van der Waals surface area contributed by atoms with Crippen molar-refractivity contribution in [2.24, 2.45) is 5.73 Å². The number of hydrogen-bond acceptors (Lipinski definition) is 1. The van der Waals surface area contributed by atoms with Crippen molar-refractivity contribution in [2.75, 3.05) is 0 Å². The first-order chi connectivity index (χ1) is 7.51. The Morgan fingerprint density at radius 1 is 0.882 bits per heavy atom. The first-order valence-corrected chi connectivity index (χ1v) is 4.52. The Morgan fingerprint density at radius 3 is 1.47 bits per heavy atom. The van der Waals surface area contributed by atoms with Gasteiger partial charge in [-0.1, -0.05) is 12.2 Å². The Labute approximate surface area is 97.2 Å². The molecule has 17 heavy (non-hydrogen) atoms. The molecule has 8 heteroatoms. The van der Waals surface area contributed by atoms with Crippen LogP contribution in [0.2, 0.25) is 0 Å². The summed E-state index contributed by atoms with van der Waals surface area (Å²) in [6, 6.07) is 0.983. The molecule has 0 unspecified atom stereocenters. The van der Waals surface area contributed by atoms with E-state index in [0.29, 0.717) is 12.1 Å². The van der Waals surface area contributed by atoms with E-state index in [1.54, 1.807) is 0 Å². The van der Waals surface area contributed by atoms with Gasteiger partial charge in [-0.2, -0.15) is 26.3 Å². The molecule has 0 aliphatic rings. The van der Waals surface area contributed by atoms with Gasteiger partial charge in [0.2, 0.25) is 0 Å². The predicted molar refractivity (Wildman–Crippen MR) is 52.3 cm³/mol. The van der Waals surface area contributed by atoms with Crippen LogP contribution in [0, 0.1) is 0 Å². The van der Waals surface area contributed by atoms with Gasteiger partial charge in [0.15, 0.2) is 0 Å². The average Bonchev–Trinajstić information content (AvgIpc) is 2.14. The third kappa shape index (κ3) is 3.32. The fraction of sp³-hybridized carbons (Fsp3) is 0.222. The topological polar surface area (TPSA) is 26.0 Å². The van der Waals surface area contributed by atoms with E-state index in [0.717, 1.165) is 0 Å². The first-order valence-electron chi connectivity index (χ1n) is 4.11. The maximum absolute atomic E-state index is 12.3. The van der Waals surface area contributed by atoms with E-state index >= 15 is 0 Å². The second-order valence-corrected chi connectivity index (χ2v) is 3.60. The number of thiocarbonyl (C=S) groups is 1. The van der Waals surface area contributed by atoms with Crippen LogP contribution in [-0.2, 0) is 12.4 Å². The van der Waals surface area contributed by atoms with E-state index < -0.39 is 34.0 Å². The molecule has 94 valence electrons. The van der Waals surface area contributed by atoms with Crippen LogP contribution >= 0.6 is 12.2 Å². The minimum atomic E-state index is -4.89. The molecule has 0 bridgehead atoms. The fourth-order valence-electron chi connectivity index (χ4n) is 1.10. The van der Waals surface area contributed by atoms with Crippen LogP contribution < -0.4 is 5.73 Å². The molecule has 0 amide bonds. The predicted octanol–water partition coefficient (Wildman–Crippen LogP) is 3.36. The van der Waals surface area contributed by atoms with E-state index in [1.165, 1.54) is 0 Å².